The van der Waals surface area contributed by atoms with Crippen LogP contribution in [0.3, 0.4) is 0 Å². The lowest BCUT2D eigenvalue weighted by molar-refractivity contribution is -0.0441. The van der Waals surface area contributed by atoms with Crippen molar-refractivity contribution in [3.63, 3.8) is 0 Å². The van der Waals surface area contributed by atoms with E-state index in [2.05, 4.69) is 24.8 Å². The van der Waals surface area contributed by atoms with Crippen LogP contribution in [0.4, 0.5) is 0 Å². The molecule has 2 rings (SSSR count). The van der Waals surface area contributed by atoms with Gasteiger partial charge in [-0.1, -0.05) is 36.4 Å². The third-order valence-electron chi connectivity index (χ3n) is 2.25. The molecule has 3 heteroatoms. The second-order valence-electron chi connectivity index (χ2n) is 3.33. The predicted octanol–water partition coefficient (Wildman–Crippen LogP) is 2.68. The van der Waals surface area contributed by atoms with Crippen LogP contribution in [0, 0.1) is 0 Å². The molecule has 2 nitrogen and oxygen atoms in total. The molecule has 1 aliphatic rings. The summed E-state index contributed by atoms with van der Waals surface area (Å²) in [4.78, 5) is 0. The summed E-state index contributed by atoms with van der Waals surface area (Å²) >= 11 is 4.12. The van der Waals surface area contributed by atoms with Crippen molar-refractivity contribution in [2.45, 2.75) is 6.29 Å². The molecular formula is C12H14O2S. The maximum absolute atomic E-state index is 5.41. The molecule has 1 aromatic carbocycles. The first-order valence-corrected chi connectivity index (χ1v) is 5.64. The first kappa shape index (κ1) is 10.7. The van der Waals surface area contributed by atoms with Gasteiger partial charge in [-0.05, 0) is 5.56 Å². The van der Waals surface area contributed by atoms with Crippen molar-refractivity contribution in [1.82, 2.24) is 0 Å². The van der Waals surface area contributed by atoms with Gasteiger partial charge in [-0.15, -0.1) is 0 Å². The average Bonchev–Trinajstić information content (AvgIpc) is 2.80. The fraction of sp³-hybridized carbons (Fsp3) is 0.333. The van der Waals surface area contributed by atoms with Crippen molar-refractivity contribution >= 4 is 18.7 Å². The zero-order chi connectivity index (χ0) is 10.5. The Balaban J connectivity index is 2.06. The summed E-state index contributed by atoms with van der Waals surface area (Å²) in [6.07, 6.45) is 3.89. The Hall–Kier alpha value is -0.770. The molecule has 1 heterocycles. The number of hydrogen-bond acceptors (Lipinski definition) is 3. The minimum atomic E-state index is -0.173. The summed E-state index contributed by atoms with van der Waals surface area (Å²) in [5.41, 5.74) is 2.25. The molecule has 1 fully saturated rings. The zero-order valence-corrected chi connectivity index (χ0v) is 9.32. The van der Waals surface area contributed by atoms with Gasteiger partial charge in [0, 0.05) is 11.3 Å². The molecule has 0 spiro atoms. The number of hydrogen-bond donors (Lipinski definition) is 1. The first-order valence-electron chi connectivity index (χ1n) is 5.01. The van der Waals surface area contributed by atoms with E-state index in [1.807, 2.05) is 24.3 Å². The Morgan fingerprint density at radius 2 is 1.87 bits per heavy atom. The van der Waals surface area contributed by atoms with Crippen molar-refractivity contribution in [3.8, 4) is 0 Å². The summed E-state index contributed by atoms with van der Waals surface area (Å²) in [5, 5.41) is 0. The summed E-state index contributed by atoms with van der Waals surface area (Å²) in [6, 6.07) is 8.18. The van der Waals surface area contributed by atoms with Crippen LogP contribution < -0.4 is 0 Å². The predicted molar refractivity (Wildman–Crippen MR) is 64.0 cm³/mol. The monoisotopic (exact) mass is 222 g/mol. The van der Waals surface area contributed by atoms with E-state index in [0.29, 0.717) is 13.2 Å². The van der Waals surface area contributed by atoms with E-state index in [9.17, 15) is 0 Å². The number of benzene rings is 1. The molecule has 0 bridgehead atoms. The lowest BCUT2D eigenvalue weighted by atomic mass is 10.1. The minimum absolute atomic E-state index is 0.173. The van der Waals surface area contributed by atoms with Crippen LogP contribution in [-0.4, -0.2) is 19.0 Å². The van der Waals surface area contributed by atoms with E-state index < -0.39 is 0 Å². The van der Waals surface area contributed by atoms with Gasteiger partial charge in [0.25, 0.3) is 0 Å². The van der Waals surface area contributed by atoms with E-state index in [4.69, 9.17) is 9.47 Å². The first-order chi connectivity index (χ1) is 7.40. The average molecular weight is 222 g/mol. The van der Waals surface area contributed by atoms with Gasteiger partial charge in [-0.2, -0.15) is 12.6 Å². The summed E-state index contributed by atoms with van der Waals surface area (Å²) in [7, 11) is 0. The van der Waals surface area contributed by atoms with Crippen molar-refractivity contribution in [1.29, 1.82) is 0 Å². The lowest BCUT2D eigenvalue weighted by Crippen LogP contribution is -1.97. The minimum Gasteiger partial charge on any atom is -0.346 e. The number of thiol groups is 1. The van der Waals surface area contributed by atoms with E-state index in [1.54, 1.807) is 0 Å². The normalized spacial score (nSPS) is 17.7. The molecule has 15 heavy (non-hydrogen) atoms. The third kappa shape index (κ3) is 2.84. The molecule has 1 saturated heterocycles. The van der Waals surface area contributed by atoms with Gasteiger partial charge in [-0.3, -0.25) is 0 Å². The maximum Gasteiger partial charge on any atom is 0.184 e. The SMILES string of the molecule is SCC=Cc1ccc(C2OCCO2)cc1. The standard InChI is InChI=1S/C12H14O2S/c15-9-1-2-10-3-5-11(6-4-10)12-13-7-8-14-12/h1-6,12,15H,7-9H2. The quantitative estimate of drug-likeness (QED) is 0.793. The van der Waals surface area contributed by atoms with Crippen LogP contribution in [0.2, 0.25) is 0 Å². The zero-order valence-electron chi connectivity index (χ0n) is 8.43. The number of ether oxygens (including phenoxy) is 2. The van der Waals surface area contributed by atoms with Gasteiger partial charge in [0.15, 0.2) is 6.29 Å². The van der Waals surface area contributed by atoms with Gasteiger partial charge >= 0.3 is 0 Å². The third-order valence-corrected chi connectivity index (χ3v) is 2.46. The Morgan fingerprint density at radius 1 is 1.20 bits per heavy atom. The Labute approximate surface area is 95.3 Å². The highest BCUT2D eigenvalue weighted by molar-refractivity contribution is 7.80. The molecular weight excluding hydrogens is 208 g/mol. The van der Waals surface area contributed by atoms with Gasteiger partial charge < -0.3 is 9.47 Å². The molecule has 0 atom stereocenters. The molecule has 0 radical (unpaired) electrons. The van der Waals surface area contributed by atoms with Crippen LogP contribution in [-0.2, 0) is 9.47 Å². The molecule has 0 amide bonds. The highest BCUT2D eigenvalue weighted by atomic mass is 32.1. The molecule has 1 aliphatic heterocycles. The van der Waals surface area contributed by atoms with Crippen molar-refractivity contribution in [2.75, 3.05) is 19.0 Å². The topological polar surface area (TPSA) is 18.5 Å². The van der Waals surface area contributed by atoms with Crippen LogP contribution in [0.1, 0.15) is 17.4 Å². The van der Waals surface area contributed by atoms with Gasteiger partial charge in [0.05, 0.1) is 13.2 Å². The molecule has 0 aliphatic carbocycles. The highest BCUT2D eigenvalue weighted by Gasteiger charge is 2.17. The van der Waals surface area contributed by atoms with Gasteiger partial charge in [0.2, 0.25) is 0 Å². The molecule has 80 valence electrons. The molecule has 0 N–H and O–H groups in total. The van der Waals surface area contributed by atoms with E-state index in [0.717, 1.165) is 11.3 Å². The Morgan fingerprint density at radius 3 is 2.47 bits per heavy atom. The molecule has 0 saturated carbocycles. The van der Waals surface area contributed by atoms with Crippen LogP contribution in [0.15, 0.2) is 30.3 Å². The molecule has 0 unspecified atom stereocenters. The Kier molecular flexibility index (Phi) is 3.83. The fourth-order valence-electron chi connectivity index (χ4n) is 1.50. The maximum atomic E-state index is 5.41. The van der Waals surface area contributed by atoms with Crippen LogP contribution in [0.5, 0.6) is 0 Å². The summed E-state index contributed by atoms with van der Waals surface area (Å²) in [5.74, 6) is 0.761. The molecule has 1 aromatic rings. The highest BCUT2D eigenvalue weighted by Crippen LogP contribution is 2.23. The van der Waals surface area contributed by atoms with Crippen molar-refractivity contribution in [3.05, 3.63) is 41.5 Å². The van der Waals surface area contributed by atoms with Crippen molar-refractivity contribution in [2.24, 2.45) is 0 Å². The number of rotatable bonds is 3. The summed E-state index contributed by atoms with van der Waals surface area (Å²) < 4.78 is 10.8. The largest absolute Gasteiger partial charge is 0.346 e. The van der Waals surface area contributed by atoms with Crippen LogP contribution >= 0.6 is 12.6 Å². The van der Waals surface area contributed by atoms with E-state index in [-0.39, 0.29) is 6.29 Å². The van der Waals surface area contributed by atoms with E-state index in [1.165, 1.54) is 5.56 Å². The van der Waals surface area contributed by atoms with Crippen LogP contribution in [0.25, 0.3) is 6.08 Å². The van der Waals surface area contributed by atoms with Gasteiger partial charge in [-0.25, -0.2) is 0 Å². The van der Waals surface area contributed by atoms with Crippen molar-refractivity contribution < 1.29 is 9.47 Å². The lowest BCUT2D eigenvalue weighted by Gasteiger charge is -2.08. The Bertz CT molecular complexity index is 326. The van der Waals surface area contributed by atoms with E-state index >= 15 is 0 Å². The fourth-order valence-corrected chi connectivity index (χ4v) is 1.61. The smallest absolute Gasteiger partial charge is 0.184 e. The summed E-state index contributed by atoms with van der Waals surface area (Å²) in [6.45, 7) is 1.37. The molecule has 0 aromatic heterocycles. The second kappa shape index (κ2) is 5.35. The second-order valence-corrected chi connectivity index (χ2v) is 3.69. The van der Waals surface area contributed by atoms with Gasteiger partial charge in [0.1, 0.15) is 0 Å².